The SMILES string of the molecule is O=C1N(Cc2cccnc2)C(=O)C23C4C=CC(O4)C12C1C=CC3O1. The molecule has 120 valence electrons. The number of rotatable bonds is 2. The fourth-order valence-electron chi connectivity index (χ4n) is 5.40. The van der Waals surface area contributed by atoms with Gasteiger partial charge in [0.2, 0.25) is 11.8 Å². The molecule has 0 aliphatic carbocycles. The third-order valence-electron chi connectivity index (χ3n) is 6.25. The standard InChI is InChI=1S/C18H14N2O4/c21-15-17-11-3-4-12(23-11)18(17,14-6-5-13(17)24-14)16(22)20(15)9-10-2-1-7-19-8-10/h1-8,11-14H,9H2. The second-order valence-corrected chi connectivity index (χ2v) is 7.02. The number of carbonyl (C=O) groups excluding carboxylic acids is 2. The highest BCUT2D eigenvalue weighted by molar-refractivity contribution is 6.13. The molecule has 0 N–H and O–H groups in total. The molecule has 6 rings (SSSR count). The Morgan fingerprint density at radius 2 is 1.50 bits per heavy atom. The Labute approximate surface area is 137 Å². The summed E-state index contributed by atoms with van der Waals surface area (Å²) in [6.07, 6.45) is 9.46. The third kappa shape index (κ3) is 1.06. The first-order valence-electron chi connectivity index (χ1n) is 8.13. The number of hydrogen-bond acceptors (Lipinski definition) is 5. The van der Waals surface area contributed by atoms with Gasteiger partial charge in [0, 0.05) is 12.4 Å². The number of pyridine rings is 1. The number of nitrogens with zero attached hydrogens (tertiary/aromatic N) is 2. The molecule has 0 saturated carbocycles. The first-order chi connectivity index (χ1) is 11.7. The van der Waals surface area contributed by atoms with Gasteiger partial charge < -0.3 is 9.47 Å². The lowest BCUT2D eigenvalue weighted by Gasteiger charge is -2.37. The van der Waals surface area contributed by atoms with Crippen LogP contribution in [0.2, 0.25) is 0 Å². The van der Waals surface area contributed by atoms with Crippen molar-refractivity contribution in [2.75, 3.05) is 0 Å². The van der Waals surface area contributed by atoms with E-state index in [0.717, 1.165) is 5.56 Å². The van der Waals surface area contributed by atoms with E-state index >= 15 is 0 Å². The summed E-state index contributed by atoms with van der Waals surface area (Å²) >= 11 is 0. The van der Waals surface area contributed by atoms with Gasteiger partial charge in [-0.1, -0.05) is 30.4 Å². The molecule has 0 spiro atoms. The Bertz CT molecular complexity index is 772. The second kappa shape index (κ2) is 3.84. The molecule has 5 aliphatic heterocycles. The van der Waals surface area contributed by atoms with Crippen LogP contribution < -0.4 is 0 Å². The van der Waals surface area contributed by atoms with Gasteiger partial charge in [0.15, 0.2) is 0 Å². The van der Waals surface area contributed by atoms with Crippen LogP contribution in [0.15, 0.2) is 48.8 Å². The van der Waals surface area contributed by atoms with Crippen LogP contribution in [0.4, 0.5) is 0 Å². The monoisotopic (exact) mass is 322 g/mol. The van der Waals surface area contributed by atoms with Crippen LogP contribution in [0.1, 0.15) is 5.56 Å². The number of amides is 2. The van der Waals surface area contributed by atoms with Crippen LogP contribution in [0.3, 0.4) is 0 Å². The van der Waals surface area contributed by atoms with E-state index in [1.807, 2.05) is 30.4 Å². The molecule has 2 amide bonds. The number of ether oxygens (including phenoxy) is 2. The Kier molecular flexibility index (Phi) is 2.09. The highest BCUT2D eigenvalue weighted by atomic mass is 16.6. The van der Waals surface area contributed by atoms with Gasteiger partial charge in [-0.2, -0.15) is 0 Å². The quantitative estimate of drug-likeness (QED) is 0.589. The number of fused-ring (bicyclic) bond motifs is 4. The van der Waals surface area contributed by atoms with Gasteiger partial charge >= 0.3 is 0 Å². The fourth-order valence-corrected chi connectivity index (χ4v) is 5.40. The van der Waals surface area contributed by atoms with Gasteiger partial charge in [0.05, 0.1) is 31.0 Å². The maximum atomic E-state index is 13.4. The van der Waals surface area contributed by atoms with Gasteiger partial charge in [-0.15, -0.1) is 0 Å². The molecular weight excluding hydrogens is 308 g/mol. The van der Waals surface area contributed by atoms with Crippen LogP contribution in [0.25, 0.3) is 0 Å². The van der Waals surface area contributed by atoms with Crippen LogP contribution in [0, 0.1) is 10.8 Å². The van der Waals surface area contributed by atoms with Gasteiger partial charge in [0.1, 0.15) is 10.8 Å². The molecule has 6 heteroatoms. The van der Waals surface area contributed by atoms with E-state index in [9.17, 15) is 9.59 Å². The molecular formula is C18H14N2O4. The minimum absolute atomic E-state index is 0.176. The van der Waals surface area contributed by atoms with Crippen LogP contribution in [0.5, 0.6) is 0 Å². The van der Waals surface area contributed by atoms with E-state index < -0.39 is 35.2 Å². The Morgan fingerprint density at radius 3 is 1.96 bits per heavy atom. The van der Waals surface area contributed by atoms with Crippen molar-refractivity contribution in [3.63, 3.8) is 0 Å². The van der Waals surface area contributed by atoms with Crippen molar-refractivity contribution in [1.82, 2.24) is 9.88 Å². The Hall–Kier alpha value is -2.31. The summed E-state index contributed by atoms with van der Waals surface area (Å²) in [7, 11) is 0. The Balaban J connectivity index is 1.52. The fraction of sp³-hybridized carbons (Fsp3) is 0.389. The minimum atomic E-state index is -0.939. The molecule has 6 heterocycles. The van der Waals surface area contributed by atoms with Crippen molar-refractivity contribution in [2.45, 2.75) is 31.0 Å². The van der Waals surface area contributed by atoms with Crippen molar-refractivity contribution < 1.29 is 19.1 Å². The van der Waals surface area contributed by atoms with Crippen molar-refractivity contribution in [1.29, 1.82) is 0 Å². The molecule has 4 bridgehead atoms. The van der Waals surface area contributed by atoms with E-state index in [1.54, 1.807) is 18.5 Å². The number of carbonyl (C=O) groups is 2. The van der Waals surface area contributed by atoms with Gasteiger partial charge in [-0.25, -0.2) is 0 Å². The predicted octanol–water partition coefficient (Wildman–Crippen LogP) is 0.598. The smallest absolute Gasteiger partial charge is 0.243 e. The van der Waals surface area contributed by atoms with E-state index in [-0.39, 0.29) is 18.4 Å². The zero-order chi connectivity index (χ0) is 16.1. The summed E-state index contributed by atoms with van der Waals surface area (Å²) in [6, 6.07) is 3.68. The van der Waals surface area contributed by atoms with E-state index in [4.69, 9.17) is 9.47 Å². The van der Waals surface area contributed by atoms with Crippen LogP contribution in [-0.4, -0.2) is 46.1 Å². The first kappa shape index (κ1) is 13.0. The van der Waals surface area contributed by atoms with Crippen LogP contribution >= 0.6 is 0 Å². The van der Waals surface area contributed by atoms with E-state index in [2.05, 4.69) is 4.98 Å². The zero-order valence-corrected chi connectivity index (χ0v) is 12.7. The van der Waals surface area contributed by atoms with E-state index in [1.165, 1.54) is 4.90 Å². The van der Waals surface area contributed by atoms with Gasteiger partial charge in [-0.05, 0) is 11.6 Å². The van der Waals surface area contributed by atoms with Gasteiger partial charge in [0.25, 0.3) is 0 Å². The number of hydrogen-bond donors (Lipinski definition) is 0. The predicted molar refractivity (Wildman–Crippen MR) is 80.3 cm³/mol. The summed E-state index contributed by atoms with van der Waals surface area (Å²) < 4.78 is 12.0. The molecule has 0 radical (unpaired) electrons. The summed E-state index contributed by atoms with van der Waals surface area (Å²) in [5.74, 6) is -0.352. The molecule has 5 aliphatic rings. The zero-order valence-electron chi connectivity index (χ0n) is 12.7. The number of aromatic nitrogens is 1. The molecule has 1 aromatic rings. The van der Waals surface area contributed by atoms with Crippen molar-refractivity contribution in [3.8, 4) is 0 Å². The summed E-state index contributed by atoms with van der Waals surface area (Å²) in [4.78, 5) is 32.3. The average Bonchev–Trinajstić information content (AvgIpc) is 3.38. The topological polar surface area (TPSA) is 68.7 Å². The normalized spacial score (nSPS) is 46.2. The summed E-state index contributed by atoms with van der Waals surface area (Å²) in [6.45, 7) is 0.244. The molecule has 4 unspecified atom stereocenters. The molecule has 0 aromatic carbocycles. The highest BCUT2D eigenvalue weighted by Crippen LogP contribution is 2.72. The lowest BCUT2D eigenvalue weighted by atomic mass is 9.54. The van der Waals surface area contributed by atoms with Crippen molar-refractivity contribution in [2.24, 2.45) is 10.8 Å². The summed E-state index contributed by atoms with van der Waals surface area (Å²) in [5, 5.41) is 0. The molecule has 3 saturated heterocycles. The first-order valence-corrected chi connectivity index (χ1v) is 8.13. The third-order valence-corrected chi connectivity index (χ3v) is 6.25. The van der Waals surface area contributed by atoms with E-state index in [0.29, 0.717) is 0 Å². The van der Waals surface area contributed by atoms with Crippen LogP contribution in [-0.2, 0) is 25.6 Å². The molecule has 3 fully saturated rings. The van der Waals surface area contributed by atoms with Crippen molar-refractivity contribution >= 4 is 11.8 Å². The lowest BCUT2D eigenvalue weighted by Crippen LogP contribution is -2.56. The maximum absolute atomic E-state index is 13.4. The van der Waals surface area contributed by atoms with Gasteiger partial charge in [-0.3, -0.25) is 19.5 Å². The Morgan fingerprint density at radius 1 is 0.958 bits per heavy atom. The highest BCUT2D eigenvalue weighted by Gasteiger charge is 2.88. The number of imide groups is 1. The minimum Gasteiger partial charge on any atom is -0.364 e. The lowest BCUT2D eigenvalue weighted by molar-refractivity contribution is -0.151. The molecule has 24 heavy (non-hydrogen) atoms. The molecule has 4 atom stereocenters. The maximum Gasteiger partial charge on any atom is 0.243 e. The molecule has 6 nitrogen and oxygen atoms in total. The van der Waals surface area contributed by atoms with Crippen molar-refractivity contribution in [3.05, 3.63) is 54.4 Å². The summed E-state index contributed by atoms with van der Waals surface area (Å²) in [5.41, 5.74) is -1.04. The molecule has 1 aromatic heterocycles. The largest absolute Gasteiger partial charge is 0.364 e. The second-order valence-electron chi connectivity index (χ2n) is 7.02. The number of likely N-dealkylation sites (tertiary alicyclic amines) is 1. The average molecular weight is 322 g/mol.